The number of benzene rings is 3. The molecule has 5 heteroatoms. The molecule has 2 aliphatic heterocycles. The standard InChI is InChI=1S/C25H21ClN2O2/c26-23-19(7-3-8-21(23)22-9-4-14-27-24(22)29)16-10-12-18(13-11-16)28-15-17-5-1-2-6-20(17)25(28)30/h1-3,5-8,10-13,22H,4,9,14-15H2,(H,27,29). The molecule has 0 aliphatic carbocycles. The van der Waals surface area contributed by atoms with Gasteiger partial charge >= 0.3 is 0 Å². The zero-order valence-corrected chi connectivity index (χ0v) is 17.2. The van der Waals surface area contributed by atoms with Crippen molar-refractivity contribution in [1.29, 1.82) is 0 Å². The van der Waals surface area contributed by atoms with Crippen molar-refractivity contribution in [3.05, 3.63) is 88.4 Å². The van der Waals surface area contributed by atoms with Crippen LogP contribution in [-0.2, 0) is 11.3 Å². The predicted molar refractivity (Wildman–Crippen MR) is 119 cm³/mol. The molecular formula is C25H21ClN2O2. The van der Waals surface area contributed by atoms with Crippen LogP contribution in [0.1, 0.15) is 40.2 Å². The van der Waals surface area contributed by atoms with E-state index in [-0.39, 0.29) is 17.7 Å². The number of hydrogen-bond acceptors (Lipinski definition) is 2. The lowest BCUT2D eigenvalue weighted by Gasteiger charge is -2.24. The summed E-state index contributed by atoms with van der Waals surface area (Å²) in [4.78, 5) is 26.8. The molecule has 3 aromatic rings. The summed E-state index contributed by atoms with van der Waals surface area (Å²) in [6.45, 7) is 1.31. The van der Waals surface area contributed by atoms with Gasteiger partial charge in [-0.3, -0.25) is 9.59 Å². The first-order chi connectivity index (χ1) is 14.6. The van der Waals surface area contributed by atoms with Crippen LogP contribution in [0, 0.1) is 0 Å². The number of nitrogens with one attached hydrogen (secondary N) is 1. The lowest BCUT2D eigenvalue weighted by atomic mass is 9.89. The predicted octanol–water partition coefficient (Wildman–Crippen LogP) is 5.16. The van der Waals surface area contributed by atoms with Gasteiger partial charge in [0.1, 0.15) is 0 Å². The molecule has 1 fully saturated rings. The van der Waals surface area contributed by atoms with E-state index in [0.717, 1.165) is 52.9 Å². The van der Waals surface area contributed by atoms with Crippen LogP contribution in [0.25, 0.3) is 11.1 Å². The molecule has 3 aromatic carbocycles. The number of amides is 2. The van der Waals surface area contributed by atoms with Crippen LogP contribution in [0.5, 0.6) is 0 Å². The van der Waals surface area contributed by atoms with Gasteiger partial charge in [-0.1, -0.05) is 60.1 Å². The fourth-order valence-electron chi connectivity index (χ4n) is 4.39. The Balaban J connectivity index is 1.44. The Labute approximate surface area is 180 Å². The second-order valence-corrected chi connectivity index (χ2v) is 8.17. The van der Waals surface area contributed by atoms with Gasteiger partial charge < -0.3 is 10.2 Å². The largest absolute Gasteiger partial charge is 0.356 e. The molecule has 2 aliphatic rings. The van der Waals surface area contributed by atoms with Crippen LogP contribution in [0.2, 0.25) is 5.02 Å². The molecule has 1 saturated heterocycles. The molecule has 0 radical (unpaired) electrons. The summed E-state index contributed by atoms with van der Waals surface area (Å²) in [6.07, 6.45) is 1.77. The first-order valence-corrected chi connectivity index (χ1v) is 10.6. The molecule has 1 N–H and O–H groups in total. The van der Waals surface area contributed by atoms with Gasteiger partial charge in [-0.25, -0.2) is 0 Å². The minimum Gasteiger partial charge on any atom is -0.356 e. The Bertz CT molecular complexity index is 1140. The third kappa shape index (κ3) is 3.17. The van der Waals surface area contributed by atoms with E-state index in [0.29, 0.717) is 11.6 Å². The van der Waals surface area contributed by atoms with Crippen molar-refractivity contribution in [3.63, 3.8) is 0 Å². The van der Waals surface area contributed by atoms with E-state index in [4.69, 9.17) is 11.6 Å². The van der Waals surface area contributed by atoms with E-state index in [1.54, 1.807) is 4.90 Å². The van der Waals surface area contributed by atoms with Gasteiger partial charge in [-0.05, 0) is 47.7 Å². The maximum atomic E-state index is 12.7. The summed E-state index contributed by atoms with van der Waals surface area (Å²) in [5, 5.41) is 3.55. The second-order valence-electron chi connectivity index (χ2n) is 7.79. The zero-order valence-electron chi connectivity index (χ0n) is 16.4. The van der Waals surface area contributed by atoms with Crippen molar-refractivity contribution in [2.45, 2.75) is 25.3 Å². The molecular weight excluding hydrogens is 396 g/mol. The third-order valence-corrected chi connectivity index (χ3v) is 6.42. The summed E-state index contributed by atoms with van der Waals surface area (Å²) in [5.74, 6) is -0.129. The van der Waals surface area contributed by atoms with Gasteiger partial charge in [0.25, 0.3) is 5.91 Å². The van der Waals surface area contributed by atoms with Crippen LogP contribution in [-0.4, -0.2) is 18.4 Å². The number of carbonyl (C=O) groups excluding carboxylic acids is 2. The molecule has 150 valence electrons. The lowest BCUT2D eigenvalue weighted by molar-refractivity contribution is -0.123. The van der Waals surface area contributed by atoms with Crippen molar-refractivity contribution in [1.82, 2.24) is 5.32 Å². The zero-order chi connectivity index (χ0) is 20.7. The van der Waals surface area contributed by atoms with Gasteiger partial charge in [0.15, 0.2) is 0 Å². The molecule has 0 spiro atoms. The molecule has 0 aromatic heterocycles. The fourth-order valence-corrected chi connectivity index (χ4v) is 4.76. The van der Waals surface area contributed by atoms with Crippen LogP contribution >= 0.6 is 11.6 Å². The van der Waals surface area contributed by atoms with Gasteiger partial charge in [0, 0.05) is 23.4 Å². The number of fused-ring (bicyclic) bond motifs is 1. The quantitative estimate of drug-likeness (QED) is 0.641. The summed E-state index contributed by atoms with van der Waals surface area (Å²) < 4.78 is 0. The Morgan fingerprint density at radius 1 is 0.900 bits per heavy atom. The SMILES string of the molecule is O=C1NCCCC1c1cccc(-c2ccc(N3Cc4ccccc4C3=O)cc2)c1Cl. The smallest absolute Gasteiger partial charge is 0.258 e. The Morgan fingerprint density at radius 2 is 1.67 bits per heavy atom. The number of anilines is 1. The number of rotatable bonds is 3. The molecule has 4 nitrogen and oxygen atoms in total. The molecule has 2 heterocycles. The average Bonchev–Trinajstić information content (AvgIpc) is 3.11. The fraction of sp³-hybridized carbons (Fsp3) is 0.200. The van der Waals surface area contributed by atoms with Crippen molar-refractivity contribution in [2.75, 3.05) is 11.4 Å². The Morgan fingerprint density at radius 3 is 2.43 bits per heavy atom. The number of hydrogen-bond donors (Lipinski definition) is 1. The normalized spacial score (nSPS) is 18.3. The molecule has 0 saturated carbocycles. The minimum atomic E-state index is -0.203. The number of halogens is 1. The summed E-state index contributed by atoms with van der Waals surface area (Å²) in [7, 11) is 0. The van der Waals surface area contributed by atoms with Crippen LogP contribution in [0.4, 0.5) is 5.69 Å². The summed E-state index contributed by atoms with van der Waals surface area (Å²) >= 11 is 6.75. The minimum absolute atomic E-state index is 0.0293. The first kappa shape index (κ1) is 18.9. The van der Waals surface area contributed by atoms with Crippen molar-refractivity contribution >= 4 is 29.1 Å². The molecule has 5 rings (SSSR count). The number of carbonyl (C=O) groups is 2. The van der Waals surface area contributed by atoms with E-state index >= 15 is 0 Å². The van der Waals surface area contributed by atoms with Crippen LogP contribution in [0.3, 0.4) is 0 Å². The Hall–Kier alpha value is -3.11. The van der Waals surface area contributed by atoms with E-state index in [2.05, 4.69) is 5.32 Å². The van der Waals surface area contributed by atoms with Crippen LogP contribution in [0.15, 0.2) is 66.7 Å². The summed E-state index contributed by atoms with van der Waals surface area (Å²) in [6, 6.07) is 21.5. The lowest BCUT2D eigenvalue weighted by Crippen LogP contribution is -2.35. The maximum Gasteiger partial charge on any atom is 0.258 e. The highest BCUT2D eigenvalue weighted by atomic mass is 35.5. The van der Waals surface area contributed by atoms with Crippen LogP contribution < -0.4 is 10.2 Å². The van der Waals surface area contributed by atoms with E-state index in [9.17, 15) is 9.59 Å². The Kier molecular flexibility index (Phi) is 4.80. The van der Waals surface area contributed by atoms with Gasteiger partial charge in [-0.15, -0.1) is 0 Å². The van der Waals surface area contributed by atoms with Gasteiger partial charge in [-0.2, -0.15) is 0 Å². The summed E-state index contributed by atoms with van der Waals surface area (Å²) in [5.41, 5.74) is 5.41. The third-order valence-electron chi connectivity index (χ3n) is 6.00. The molecule has 30 heavy (non-hydrogen) atoms. The highest BCUT2D eigenvalue weighted by Gasteiger charge is 2.28. The molecule has 2 amide bonds. The molecule has 1 atom stereocenters. The highest BCUT2D eigenvalue weighted by molar-refractivity contribution is 6.34. The molecule has 0 bridgehead atoms. The monoisotopic (exact) mass is 416 g/mol. The van der Waals surface area contributed by atoms with Gasteiger partial charge in [0.05, 0.1) is 17.5 Å². The van der Waals surface area contributed by atoms with E-state index < -0.39 is 0 Å². The van der Waals surface area contributed by atoms with Crippen molar-refractivity contribution < 1.29 is 9.59 Å². The highest BCUT2D eigenvalue weighted by Crippen LogP contribution is 2.38. The number of piperidine rings is 1. The average molecular weight is 417 g/mol. The van der Waals surface area contributed by atoms with E-state index in [1.165, 1.54) is 0 Å². The van der Waals surface area contributed by atoms with Crippen molar-refractivity contribution in [2.24, 2.45) is 0 Å². The molecule has 1 unspecified atom stereocenters. The number of nitrogens with zero attached hydrogens (tertiary/aromatic N) is 1. The second kappa shape index (κ2) is 7.62. The first-order valence-electron chi connectivity index (χ1n) is 10.2. The van der Waals surface area contributed by atoms with Crippen molar-refractivity contribution in [3.8, 4) is 11.1 Å². The topological polar surface area (TPSA) is 49.4 Å². The maximum absolute atomic E-state index is 12.7. The van der Waals surface area contributed by atoms with Gasteiger partial charge in [0.2, 0.25) is 5.91 Å². The van der Waals surface area contributed by atoms with E-state index in [1.807, 2.05) is 66.7 Å².